The van der Waals surface area contributed by atoms with Gasteiger partial charge in [-0.05, 0) is 37.1 Å². The highest BCUT2D eigenvalue weighted by Gasteiger charge is 2.25. The predicted octanol–water partition coefficient (Wildman–Crippen LogP) is 4.24. The van der Waals surface area contributed by atoms with Crippen molar-refractivity contribution in [3.8, 4) is 22.6 Å². The number of phenols is 1. The summed E-state index contributed by atoms with van der Waals surface area (Å²) in [5.74, 6) is -0.430. The van der Waals surface area contributed by atoms with E-state index in [1.165, 1.54) is 0 Å². The van der Waals surface area contributed by atoms with Gasteiger partial charge in [0.05, 0.1) is 16.7 Å². The van der Waals surface area contributed by atoms with Gasteiger partial charge in [0, 0.05) is 11.1 Å². The summed E-state index contributed by atoms with van der Waals surface area (Å²) in [6.07, 6.45) is 0. The summed E-state index contributed by atoms with van der Waals surface area (Å²) in [5.41, 5.74) is 18.3. The molecule has 0 atom stereocenters. The van der Waals surface area contributed by atoms with Crippen LogP contribution in [-0.4, -0.2) is 25.5 Å². The SMILES string of the molecule is Cc1ccc(O)c(C)c1-n1c(N)c(C(N)=O)c2nc3c(-c4ccccc4)cccc3nc21. The number of para-hydroxylation sites is 1. The molecule has 5 N–H and O–H groups in total. The first kappa shape index (κ1) is 19.6. The van der Waals surface area contributed by atoms with Crippen molar-refractivity contribution in [3.63, 3.8) is 0 Å². The fourth-order valence-electron chi connectivity index (χ4n) is 4.23. The van der Waals surface area contributed by atoms with Gasteiger partial charge < -0.3 is 16.6 Å². The van der Waals surface area contributed by atoms with Crippen LogP contribution >= 0.6 is 0 Å². The second-order valence-corrected chi connectivity index (χ2v) is 7.77. The zero-order valence-corrected chi connectivity index (χ0v) is 17.6. The van der Waals surface area contributed by atoms with E-state index in [1.807, 2.05) is 55.5 Å². The number of anilines is 1. The number of aryl methyl sites for hydroxylation is 1. The van der Waals surface area contributed by atoms with Gasteiger partial charge in [-0.3, -0.25) is 9.36 Å². The lowest BCUT2D eigenvalue weighted by molar-refractivity contribution is 0.100. The average Bonchev–Trinajstić information content (AvgIpc) is 3.06. The zero-order valence-electron chi connectivity index (χ0n) is 17.6. The van der Waals surface area contributed by atoms with E-state index in [-0.39, 0.29) is 17.1 Å². The molecule has 0 fully saturated rings. The van der Waals surface area contributed by atoms with Crippen LogP contribution in [0.5, 0.6) is 5.75 Å². The summed E-state index contributed by atoms with van der Waals surface area (Å²) in [6, 6.07) is 19.0. The molecule has 0 aliphatic rings. The van der Waals surface area contributed by atoms with Gasteiger partial charge in [0.25, 0.3) is 5.91 Å². The second kappa shape index (κ2) is 7.09. The van der Waals surface area contributed by atoms with Crippen LogP contribution in [0.25, 0.3) is 39.0 Å². The number of aromatic nitrogens is 3. The van der Waals surface area contributed by atoms with Gasteiger partial charge in [0.2, 0.25) is 0 Å². The third-order valence-electron chi connectivity index (χ3n) is 5.78. The van der Waals surface area contributed by atoms with E-state index in [9.17, 15) is 9.90 Å². The first-order chi connectivity index (χ1) is 15.4. The molecule has 5 rings (SSSR count). The number of nitrogens with two attached hydrogens (primary N) is 2. The smallest absolute Gasteiger partial charge is 0.254 e. The van der Waals surface area contributed by atoms with Gasteiger partial charge in [-0.1, -0.05) is 48.5 Å². The summed E-state index contributed by atoms with van der Waals surface area (Å²) >= 11 is 0. The summed E-state index contributed by atoms with van der Waals surface area (Å²) in [4.78, 5) is 22.1. The lowest BCUT2D eigenvalue weighted by atomic mass is 10.0. The lowest BCUT2D eigenvalue weighted by Gasteiger charge is -2.15. The van der Waals surface area contributed by atoms with Gasteiger partial charge in [-0.25, -0.2) is 9.97 Å². The highest BCUT2D eigenvalue weighted by Crippen LogP contribution is 2.36. The fraction of sp³-hybridized carbons (Fsp3) is 0.0800. The van der Waals surface area contributed by atoms with E-state index in [0.717, 1.165) is 16.7 Å². The number of benzene rings is 3. The fourth-order valence-corrected chi connectivity index (χ4v) is 4.23. The zero-order chi connectivity index (χ0) is 22.6. The highest BCUT2D eigenvalue weighted by atomic mass is 16.3. The van der Waals surface area contributed by atoms with E-state index >= 15 is 0 Å². The molecule has 3 aromatic carbocycles. The molecule has 2 heterocycles. The Morgan fingerprint density at radius 3 is 2.41 bits per heavy atom. The van der Waals surface area contributed by atoms with Gasteiger partial charge in [0.15, 0.2) is 5.65 Å². The number of carbonyl (C=O) groups excluding carboxylic acids is 1. The Bertz CT molecular complexity index is 1540. The third kappa shape index (κ3) is 2.79. The maximum Gasteiger partial charge on any atom is 0.254 e. The van der Waals surface area contributed by atoms with Crippen molar-refractivity contribution < 1.29 is 9.90 Å². The second-order valence-electron chi connectivity index (χ2n) is 7.77. The number of primary amides is 1. The Hall–Kier alpha value is -4.39. The minimum Gasteiger partial charge on any atom is -0.508 e. The maximum absolute atomic E-state index is 12.4. The largest absolute Gasteiger partial charge is 0.508 e. The van der Waals surface area contributed by atoms with Gasteiger partial charge in [0.1, 0.15) is 22.6 Å². The van der Waals surface area contributed by atoms with Crippen molar-refractivity contribution in [2.24, 2.45) is 5.73 Å². The molecule has 32 heavy (non-hydrogen) atoms. The van der Waals surface area contributed by atoms with E-state index in [2.05, 4.69) is 0 Å². The Kier molecular flexibility index (Phi) is 4.34. The molecule has 158 valence electrons. The standard InChI is InChI=1S/C25H21N5O2/c1-13-11-12-18(31)14(2)22(13)30-23(26)19(24(27)32)21-25(30)28-17-10-6-9-16(20(17)29-21)15-7-4-3-5-8-15/h3-12,31H,26H2,1-2H3,(H2,27,32). The number of phenolic OH excluding ortho intramolecular Hbond substituents is 1. The van der Waals surface area contributed by atoms with Crippen LogP contribution in [-0.2, 0) is 0 Å². The minimum atomic E-state index is -0.687. The molecule has 2 aromatic heterocycles. The number of hydrogen-bond donors (Lipinski definition) is 3. The molecule has 0 spiro atoms. The molecule has 7 heteroatoms. The molecule has 0 aliphatic carbocycles. The van der Waals surface area contributed by atoms with Gasteiger partial charge in [-0.2, -0.15) is 0 Å². The van der Waals surface area contributed by atoms with Crippen LogP contribution in [0.3, 0.4) is 0 Å². The van der Waals surface area contributed by atoms with Crippen molar-refractivity contribution >= 4 is 33.9 Å². The van der Waals surface area contributed by atoms with E-state index < -0.39 is 5.91 Å². The summed E-state index contributed by atoms with van der Waals surface area (Å²) in [7, 11) is 0. The molecule has 0 aliphatic heterocycles. The summed E-state index contributed by atoms with van der Waals surface area (Å²) < 4.78 is 1.65. The topological polar surface area (TPSA) is 120 Å². The number of nitrogen functional groups attached to an aromatic ring is 1. The van der Waals surface area contributed by atoms with E-state index in [1.54, 1.807) is 23.6 Å². The van der Waals surface area contributed by atoms with Crippen LogP contribution in [0.4, 0.5) is 5.82 Å². The first-order valence-corrected chi connectivity index (χ1v) is 10.1. The van der Waals surface area contributed by atoms with Crippen LogP contribution in [0.2, 0.25) is 0 Å². The third-order valence-corrected chi connectivity index (χ3v) is 5.78. The molecule has 0 saturated heterocycles. The van der Waals surface area contributed by atoms with Crippen LogP contribution in [0.15, 0.2) is 60.7 Å². The molecule has 0 radical (unpaired) electrons. The van der Waals surface area contributed by atoms with Crippen LogP contribution < -0.4 is 11.5 Å². The number of hydrogen-bond acceptors (Lipinski definition) is 5. The van der Waals surface area contributed by atoms with Crippen molar-refractivity contribution in [2.75, 3.05) is 5.73 Å². The van der Waals surface area contributed by atoms with Gasteiger partial charge >= 0.3 is 0 Å². The molecule has 0 unspecified atom stereocenters. The molecule has 1 amide bonds. The normalized spacial score (nSPS) is 11.3. The Morgan fingerprint density at radius 2 is 1.69 bits per heavy atom. The Balaban J connectivity index is 1.94. The quantitative estimate of drug-likeness (QED) is 0.401. The first-order valence-electron chi connectivity index (χ1n) is 10.1. The van der Waals surface area contributed by atoms with Gasteiger partial charge in [-0.15, -0.1) is 0 Å². The number of fused-ring (bicyclic) bond motifs is 2. The molecular weight excluding hydrogens is 402 g/mol. The summed E-state index contributed by atoms with van der Waals surface area (Å²) in [6.45, 7) is 3.69. The van der Waals surface area contributed by atoms with Crippen LogP contribution in [0.1, 0.15) is 21.5 Å². The molecular formula is C25H21N5O2. The molecule has 0 saturated carbocycles. The van der Waals surface area contributed by atoms with E-state index in [0.29, 0.717) is 33.4 Å². The summed E-state index contributed by atoms with van der Waals surface area (Å²) in [5, 5.41) is 10.3. The van der Waals surface area contributed by atoms with E-state index in [4.69, 9.17) is 21.4 Å². The van der Waals surface area contributed by atoms with Crippen molar-refractivity contribution in [3.05, 3.63) is 77.4 Å². The maximum atomic E-state index is 12.4. The number of nitrogens with zero attached hydrogens (tertiary/aromatic N) is 3. The van der Waals surface area contributed by atoms with Crippen molar-refractivity contribution in [1.29, 1.82) is 0 Å². The Morgan fingerprint density at radius 1 is 0.938 bits per heavy atom. The predicted molar refractivity (Wildman–Crippen MR) is 126 cm³/mol. The van der Waals surface area contributed by atoms with Crippen LogP contribution in [0, 0.1) is 13.8 Å². The number of amides is 1. The number of aromatic hydroxyl groups is 1. The monoisotopic (exact) mass is 423 g/mol. The number of rotatable bonds is 3. The molecule has 0 bridgehead atoms. The van der Waals surface area contributed by atoms with Crippen molar-refractivity contribution in [2.45, 2.75) is 13.8 Å². The number of carbonyl (C=O) groups is 1. The van der Waals surface area contributed by atoms with Crippen molar-refractivity contribution in [1.82, 2.24) is 14.5 Å². The average molecular weight is 423 g/mol. The highest BCUT2D eigenvalue weighted by molar-refractivity contribution is 6.11. The Labute approximate surface area is 183 Å². The lowest BCUT2D eigenvalue weighted by Crippen LogP contribution is -2.14. The minimum absolute atomic E-state index is 0.111. The molecule has 7 nitrogen and oxygen atoms in total. The molecule has 5 aromatic rings.